The molecule has 1 aliphatic rings. The van der Waals surface area contributed by atoms with Gasteiger partial charge in [-0.05, 0) is 17.5 Å². The molecule has 0 unspecified atom stereocenters. The van der Waals surface area contributed by atoms with Crippen LogP contribution in [0.25, 0.3) is 0 Å². The van der Waals surface area contributed by atoms with Crippen LogP contribution in [0.1, 0.15) is 17.2 Å². The van der Waals surface area contributed by atoms with Crippen molar-refractivity contribution in [3.63, 3.8) is 0 Å². The highest BCUT2D eigenvalue weighted by Crippen LogP contribution is 2.29. The summed E-state index contributed by atoms with van der Waals surface area (Å²) in [4.78, 5) is 0. The third kappa shape index (κ3) is 1.41. The molecule has 0 saturated carbocycles. The maximum Gasteiger partial charge on any atom is 0.0625 e. The number of nitrogens with two attached hydrogens (primary N) is 1. The maximum atomic E-state index is 8.97. The van der Waals surface area contributed by atoms with Crippen molar-refractivity contribution in [1.82, 2.24) is 0 Å². The second-order valence-corrected chi connectivity index (χ2v) is 3.35. The molecular weight excluding hydrogens is 164 g/mol. The summed E-state index contributed by atoms with van der Waals surface area (Å²) in [5.74, 6) is 0. The van der Waals surface area contributed by atoms with Gasteiger partial charge in [-0.3, -0.25) is 0 Å². The zero-order valence-corrected chi connectivity index (χ0v) is 7.46. The van der Waals surface area contributed by atoms with E-state index in [-0.39, 0.29) is 12.6 Å². The molecule has 1 aromatic carbocycles. The van der Waals surface area contributed by atoms with Gasteiger partial charge < -0.3 is 16.2 Å². The number of para-hydroxylation sites is 1. The van der Waals surface area contributed by atoms with E-state index in [1.54, 1.807) is 0 Å². The molecule has 0 spiro atoms. The highest BCUT2D eigenvalue weighted by molar-refractivity contribution is 5.62. The van der Waals surface area contributed by atoms with Crippen molar-refractivity contribution in [2.75, 3.05) is 18.5 Å². The Kier molecular flexibility index (Phi) is 2.20. The molecule has 4 N–H and O–H groups in total. The molecule has 3 nitrogen and oxygen atoms in total. The minimum Gasteiger partial charge on any atom is -0.394 e. The first-order chi connectivity index (χ1) is 6.33. The monoisotopic (exact) mass is 178 g/mol. The third-order valence-corrected chi connectivity index (χ3v) is 2.48. The molecule has 0 saturated heterocycles. The summed E-state index contributed by atoms with van der Waals surface area (Å²) in [5, 5.41) is 12.3. The Labute approximate surface area is 77.6 Å². The quantitative estimate of drug-likeness (QED) is 0.623. The van der Waals surface area contributed by atoms with E-state index in [0.717, 1.165) is 24.2 Å². The summed E-state index contributed by atoms with van der Waals surface area (Å²) < 4.78 is 0. The van der Waals surface area contributed by atoms with Gasteiger partial charge in [0.1, 0.15) is 0 Å². The van der Waals surface area contributed by atoms with Gasteiger partial charge in [-0.15, -0.1) is 0 Å². The maximum absolute atomic E-state index is 8.97. The topological polar surface area (TPSA) is 58.3 Å². The van der Waals surface area contributed by atoms with E-state index >= 15 is 0 Å². The first kappa shape index (κ1) is 8.53. The highest BCUT2D eigenvalue weighted by Gasteiger charge is 2.16. The van der Waals surface area contributed by atoms with Crippen molar-refractivity contribution in [3.8, 4) is 0 Å². The van der Waals surface area contributed by atoms with Crippen LogP contribution in [-0.4, -0.2) is 18.3 Å². The fourth-order valence-corrected chi connectivity index (χ4v) is 1.77. The lowest BCUT2D eigenvalue weighted by atomic mass is 10.0. The van der Waals surface area contributed by atoms with Gasteiger partial charge in [0, 0.05) is 12.2 Å². The van der Waals surface area contributed by atoms with Crippen LogP contribution >= 0.6 is 0 Å². The standard InChI is InChI=1S/C10H14N2O/c11-9(6-13)8-3-1-2-7-4-5-12-10(7)8/h1-3,9,12-13H,4-6,11H2/t9-/m1/s1. The van der Waals surface area contributed by atoms with Crippen molar-refractivity contribution >= 4 is 5.69 Å². The Morgan fingerprint density at radius 2 is 2.38 bits per heavy atom. The normalized spacial score (nSPS) is 16.5. The van der Waals surface area contributed by atoms with Crippen LogP contribution in [-0.2, 0) is 6.42 Å². The minimum absolute atomic E-state index is 0.00185. The van der Waals surface area contributed by atoms with Gasteiger partial charge in [0.05, 0.1) is 12.6 Å². The molecule has 1 aliphatic heterocycles. The zero-order chi connectivity index (χ0) is 9.26. The van der Waals surface area contributed by atoms with Gasteiger partial charge in [0.2, 0.25) is 0 Å². The predicted octanol–water partition coefficient (Wildman–Crippen LogP) is 0.647. The largest absolute Gasteiger partial charge is 0.394 e. The average molecular weight is 178 g/mol. The molecule has 0 radical (unpaired) electrons. The van der Waals surface area contributed by atoms with Crippen molar-refractivity contribution in [2.24, 2.45) is 5.73 Å². The predicted molar refractivity (Wildman–Crippen MR) is 52.6 cm³/mol. The fraction of sp³-hybridized carbons (Fsp3) is 0.400. The Bertz CT molecular complexity index is 312. The minimum atomic E-state index is -0.263. The van der Waals surface area contributed by atoms with E-state index in [4.69, 9.17) is 10.8 Å². The van der Waals surface area contributed by atoms with Crippen LogP contribution < -0.4 is 11.1 Å². The molecule has 1 atom stereocenters. The number of anilines is 1. The van der Waals surface area contributed by atoms with Crippen LogP contribution in [0.4, 0.5) is 5.69 Å². The molecule has 70 valence electrons. The van der Waals surface area contributed by atoms with Gasteiger partial charge in [0.15, 0.2) is 0 Å². The van der Waals surface area contributed by atoms with Crippen LogP contribution in [0.3, 0.4) is 0 Å². The molecule has 2 rings (SSSR count). The van der Waals surface area contributed by atoms with Crippen LogP contribution in [0.15, 0.2) is 18.2 Å². The molecule has 1 aromatic rings. The number of aliphatic hydroxyl groups is 1. The molecule has 1 heterocycles. The van der Waals surface area contributed by atoms with Crippen molar-refractivity contribution in [1.29, 1.82) is 0 Å². The molecule has 0 aromatic heterocycles. The number of nitrogens with one attached hydrogen (secondary N) is 1. The number of aliphatic hydroxyl groups excluding tert-OH is 1. The van der Waals surface area contributed by atoms with Crippen LogP contribution in [0, 0.1) is 0 Å². The Hall–Kier alpha value is -1.06. The van der Waals surface area contributed by atoms with Crippen LogP contribution in [0.5, 0.6) is 0 Å². The summed E-state index contributed by atoms with van der Waals surface area (Å²) in [7, 11) is 0. The smallest absolute Gasteiger partial charge is 0.0625 e. The SMILES string of the molecule is N[C@H](CO)c1cccc2c1NCC2. The van der Waals surface area contributed by atoms with E-state index in [0.29, 0.717) is 0 Å². The second kappa shape index (κ2) is 3.36. The first-order valence-electron chi connectivity index (χ1n) is 4.55. The molecule has 0 fully saturated rings. The summed E-state index contributed by atoms with van der Waals surface area (Å²) in [6, 6.07) is 5.80. The summed E-state index contributed by atoms with van der Waals surface area (Å²) in [6.07, 6.45) is 1.06. The molecule has 13 heavy (non-hydrogen) atoms. The first-order valence-corrected chi connectivity index (χ1v) is 4.55. The molecular formula is C10H14N2O. The van der Waals surface area contributed by atoms with E-state index < -0.39 is 0 Å². The van der Waals surface area contributed by atoms with Gasteiger partial charge in [-0.25, -0.2) is 0 Å². The van der Waals surface area contributed by atoms with Gasteiger partial charge >= 0.3 is 0 Å². The second-order valence-electron chi connectivity index (χ2n) is 3.35. The molecule has 0 aliphatic carbocycles. The zero-order valence-electron chi connectivity index (χ0n) is 7.46. The lowest BCUT2D eigenvalue weighted by Gasteiger charge is -2.13. The average Bonchev–Trinajstić information content (AvgIpc) is 2.63. The Balaban J connectivity index is 2.41. The number of rotatable bonds is 2. The van der Waals surface area contributed by atoms with Gasteiger partial charge in [0.25, 0.3) is 0 Å². The number of benzene rings is 1. The number of hydrogen-bond donors (Lipinski definition) is 3. The Morgan fingerprint density at radius 1 is 1.54 bits per heavy atom. The Morgan fingerprint density at radius 3 is 3.15 bits per heavy atom. The van der Waals surface area contributed by atoms with Crippen molar-refractivity contribution in [3.05, 3.63) is 29.3 Å². The fourth-order valence-electron chi connectivity index (χ4n) is 1.77. The van der Waals surface area contributed by atoms with Crippen molar-refractivity contribution in [2.45, 2.75) is 12.5 Å². The lowest BCUT2D eigenvalue weighted by molar-refractivity contribution is 0.268. The van der Waals surface area contributed by atoms with Gasteiger partial charge in [-0.2, -0.15) is 0 Å². The number of hydrogen-bond acceptors (Lipinski definition) is 3. The van der Waals surface area contributed by atoms with Crippen molar-refractivity contribution < 1.29 is 5.11 Å². The van der Waals surface area contributed by atoms with E-state index in [1.165, 1.54) is 5.56 Å². The third-order valence-electron chi connectivity index (χ3n) is 2.48. The van der Waals surface area contributed by atoms with E-state index in [1.807, 2.05) is 12.1 Å². The van der Waals surface area contributed by atoms with Gasteiger partial charge in [-0.1, -0.05) is 18.2 Å². The van der Waals surface area contributed by atoms with E-state index in [2.05, 4.69) is 11.4 Å². The summed E-state index contributed by atoms with van der Waals surface area (Å²) in [5.41, 5.74) is 9.24. The van der Waals surface area contributed by atoms with E-state index in [9.17, 15) is 0 Å². The molecule has 0 amide bonds. The molecule has 3 heteroatoms. The van der Waals surface area contributed by atoms with Crippen LogP contribution in [0.2, 0.25) is 0 Å². The lowest BCUT2D eigenvalue weighted by Crippen LogP contribution is -2.15. The summed E-state index contributed by atoms with van der Waals surface area (Å²) >= 11 is 0. The highest BCUT2D eigenvalue weighted by atomic mass is 16.3. The molecule has 0 bridgehead atoms. The number of fused-ring (bicyclic) bond motifs is 1. The summed E-state index contributed by atoms with van der Waals surface area (Å²) in [6.45, 7) is 0.975.